The lowest BCUT2D eigenvalue weighted by Gasteiger charge is -2.33. The molecule has 0 N–H and O–H groups in total. The number of hydrogen-bond acceptors (Lipinski definition) is 5. The molecule has 3 rings (SSSR count). The van der Waals surface area contributed by atoms with Crippen molar-refractivity contribution >= 4 is 22.0 Å². The van der Waals surface area contributed by atoms with Crippen LogP contribution in [0.2, 0.25) is 0 Å². The fourth-order valence-electron chi connectivity index (χ4n) is 2.55. The number of pyridine rings is 2. The Morgan fingerprint density at radius 2 is 1.68 bits per heavy atom. The van der Waals surface area contributed by atoms with Gasteiger partial charge in [-0.1, -0.05) is 6.07 Å². The van der Waals surface area contributed by atoms with Crippen LogP contribution >= 0.6 is 0 Å². The van der Waals surface area contributed by atoms with E-state index in [1.807, 2.05) is 6.07 Å². The number of carbonyl (C=O) groups is 1. The fraction of sp³-hybridized carbons (Fsp3) is 0.235. The minimum absolute atomic E-state index is 0.137. The zero-order chi connectivity index (χ0) is 17.7. The molecule has 1 saturated heterocycles. The van der Waals surface area contributed by atoms with Crippen molar-refractivity contribution in [1.29, 1.82) is 0 Å². The van der Waals surface area contributed by atoms with Crippen LogP contribution in [-0.4, -0.2) is 59.7 Å². The van der Waals surface area contributed by atoms with Gasteiger partial charge in [-0.3, -0.25) is 14.8 Å². The Morgan fingerprint density at radius 1 is 1.00 bits per heavy atom. The van der Waals surface area contributed by atoms with Crippen molar-refractivity contribution in [3.63, 3.8) is 0 Å². The van der Waals surface area contributed by atoms with Gasteiger partial charge >= 0.3 is 0 Å². The number of rotatable bonds is 4. The molecule has 1 aliphatic heterocycles. The lowest BCUT2D eigenvalue weighted by molar-refractivity contribution is -0.127. The van der Waals surface area contributed by atoms with Crippen LogP contribution in [0.15, 0.2) is 60.0 Å². The summed E-state index contributed by atoms with van der Waals surface area (Å²) in [6.07, 6.45) is 9.40. The van der Waals surface area contributed by atoms with Gasteiger partial charge in [0, 0.05) is 57.0 Å². The lowest BCUT2D eigenvalue weighted by atomic mass is 10.2. The first-order valence-corrected chi connectivity index (χ1v) is 9.28. The van der Waals surface area contributed by atoms with Crippen molar-refractivity contribution in [2.45, 2.75) is 4.90 Å². The van der Waals surface area contributed by atoms with E-state index < -0.39 is 10.0 Å². The van der Waals surface area contributed by atoms with Crippen LogP contribution in [0.25, 0.3) is 6.08 Å². The van der Waals surface area contributed by atoms with Gasteiger partial charge in [0.1, 0.15) is 4.90 Å². The van der Waals surface area contributed by atoms with E-state index in [0.717, 1.165) is 5.56 Å². The molecule has 0 bridgehead atoms. The van der Waals surface area contributed by atoms with Crippen molar-refractivity contribution in [2.24, 2.45) is 0 Å². The van der Waals surface area contributed by atoms with E-state index >= 15 is 0 Å². The third kappa shape index (κ3) is 4.09. The maximum absolute atomic E-state index is 12.5. The van der Waals surface area contributed by atoms with Crippen molar-refractivity contribution in [2.75, 3.05) is 26.2 Å². The number of sulfonamides is 1. The molecular formula is C17H18N4O3S. The second-order valence-corrected chi connectivity index (χ2v) is 7.48. The number of hydrogen-bond donors (Lipinski definition) is 0. The summed E-state index contributed by atoms with van der Waals surface area (Å²) >= 11 is 0. The maximum Gasteiger partial charge on any atom is 0.246 e. The van der Waals surface area contributed by atoms with Gasteiger partial charge in [0.05, 0.1) is 0 Å². The summed E-state index contributed by atoms with van der Waals surface area (Å²) in [5.41, 5.74) is 0.841. The molecule has 25 heavy (non-hydrogen) atoms. The largest absolute Gasteiger partial charge is 0.337 e. The maximum atomic E-state index is 12.5. The summed E-state index contributed by atoms with van der Waals surface area (Å²) in [5.74, 6) is -0.137. The van der Waals surface area contributed by atoms with Gasteiger partial charge in [-0.15, -0.1) is 0 Å². The highest BCUT2D eigenvalue weighted by atomic mass is 32.2. The van der Waals surface area contributed by atoms with Crippen molar-refractivity contribution in [3.8, 4) is 0 Å². The quantitative estimate of drug-likeness (QED) is 0.762. The molecule has 1 fully saturated rings. The van der Waals surface area contributed by atoms with Crippen LogP contribution in [0.4, 0.5) is 0 Å². The number of piperazine rings is 1. The summed E-state index contributed by atoms with van der Waals surface area (Å²) in [6.45, 7) is 1.25. The topological polar surface area (TPSA) is 83.5 Å². The van der Waals surface area contributed by atoms with Crippen LogP contribution in [0.1, 0.15) is 5.56 Å². The van der Waals surface area contributed by atoms with Crippen molar-refractivity contribution < 1.29 is 13.2 Å². The van der Waals surface area contributed by atoms with Gasteiger partial charge in [0.2, 0.25) is 15.9 Å². The first kappa shape index (κ1) is 17.2. The van der Waals surface area contributed by atoms with E-state index in [1.54, 1.807) is 35.5 Å². The molecule has 8 heteroatoms. The molecule has 2 aromatic rings. The molecular weight excluding hydrogens is 340 g/mol. The number of aromatic nitrogens is 2. The lowest BCUT2D eigenvalue weighted by Crippen LogP contribution is -2.50. The summed E-state index contributed by atoms with van der Waals surface area (Å²) in [4.78, 5) is 21.9. The SMILES string of the molecule is O=C(/C=C/c1cccnc1)N1CCN(S(=O)(=O)c2cccnc2)CC1. The zero-order valence-electron chi connectivity index (χ0n) is 13.5. The average Bonchev–Trinajstić information content (AvgIpc) is 2.68. The summed E-state index contributed by atoms with van der Waals surface area (Å²) in [5, 5.41) is 0. The smallest absolute Gasteiger partial charge is 0.246 e. The molecule has 2 aromatic heterocycles. The second kappa shape index (κ2) is 7.54. The van der Waals surface area contributed by atoms with E-state index in [2.05, 4.69) is 9.97 Å². The zero-order valence-corrected chi connectivity index (χ0v) is 14.3. The first-order chi connectivity index (χ1) is 12.1. The predicted molar refractivity (Wildman–Crippen MR) is 92.8 cm³/mol. The number of carbonyl (C=O) groups excluding carboxylic acids is 1. The summed E-state index contributed by atoms with van der Waals surface area (Å²) < 4.78 is 26.5. The Hall–Kier alpha value is -2.58. The number of amides is 1. The standard InChI is InChI=1S/C17H18N4O3S/c22-17(6-5-15-3-1-7-18-13-15)20-9-11-21(12-10-20)25(23,24)16-4-2-8-19-14-16/h1-8,13-14H,9-12H2/b6-5+. The molecule has 0 spiro atoms. The third-order valence-corrected chi connectivity index (χ3v) is 5.81. The highest BCUT2D eigenvalue weighted by Gasteiger charge is 2.29. The molecule has 0 aliphatic carbocycles. The van der Waals surface area contributed by atoms with Crippen molar-refractivity contribution in [1.82, 2.24) is 19.2 Å². The van der Waals surface area contributed by atoms with Gasteiger partial charge in [0.25, 0.3) is 0 Å². The average molecular weight is 358 g/mol. The molecule has 1 amide bonds. The van der Waals surface area contributed by atoms with Gasteiger partial charge in [-0.2, -0.15) is 4.31 Å². The van der Waals surface area contributed by atoms with Gasteiger partial charge in [0.15, 0.2) is 0 Å². The molecule has 1 aliphatic rings. The second-order valence-electron chi connectivity index (χ2n) is 5.54. The molecule has 0 unspecified atom stereocenters. The van der Waals surface area contributed by atoms with Gasteiger partial charge in [-0.05, 0) is 29.8 Å². The van der Waals surface area contributed by atoms with Crippen LogP contribution in [0.3, 0.4) is 0 Å². The molecule has 0 aromatic carbocycles. The van der Waals surface area contributed by atoms with E-state index in [1.165, 1.54) is 28.8 Å². The summed E-state index contributed by atoms with van der Waals surface area (Å²) in [7, 11) is -3.56. The van der Waals surface area contributed by atoms with Crippen LogP contribution in [0.5, 0.6) is 0 Å². The molecule has 3 heterocycles. The summed E-state index contributed by atoms with van der Waals surface area (Å²) in [6, 6.07) is 6.77. The van der Waals surface area contributed by atoms with E-state index in [9.17, 15) is 13.2 Å². The van der Waals surface area contributed by atoms with E-state index in [4.69, 9.17) is 0 Å². The third-order valence-electron chi connectivity index (χ3n) is 3.93. The normalized spacial score (nSPS) is 16.2. The van der Waals surface area contributed by atoms with Crippen LogP contribution in [0, 0.1) is 0 Å². The Morgan fingerprint density at radius 3 is 2.28 bits per heavy atom. The highest BCUT2D eigenvalue weighted by molar-refractivity contribution is 7.89. The Balaban J connectivity index is 1.60. The highest BCUT2D eigenvalue weighted by Crippen LogP contribution is 2.16. The van der Waals surface area contributed by atoms with E-state index in [0.29, 0.717) is 13.1 Å². The molecule has 7 nitrogen and oxygen atoms in total. The molecule has 0 radical (unpaired) electrons. The Labute approximate surface area is 146 Å². The molecule has 0 saturated carbocycles. The van der Waals surface area contributed by atoms with E-state index in [-0.39, 0.29) is 23.9 Å². The van der Waals surface area contributed by atoms with Crippen molar-refractivity contribution in [3.05, 3.63) is 60.7 Å². The van der Waals surface area contributed by atoms with Gasteiger partial charge < -0.3 is 4.90 Å². The minimum Gasteiger partial charge on any atom is -0.337 e. The monoisotopic (exact) mass is 358 g/mol. The fourth-order valence-corrected chi connectivity index (χ4v) is 3.93. The minimum atomic E-state index is -3.56. The molecule has 0 atom stereocenters. The number of nitrogens with zero attached hydrogens (tertiary/aromatic N) is 4. The molecule has 130 valence electrons. The van der Waals surface area contributed by atoms with Gasteiger partial charge in [-0.25, -0.2) is 8.42 Å². The predicted octanol–water partition coefficient (Wildman–Crippen LogP) is 1.02. The van der Waals surface area contributed by atoms with Crippen LogP contribution < -0.4 is 0 Å². The van der Waals surface area contributed by atoms with Crippen LogP contribution in [-0.2, 0) is 14.8 Å². The Bertz CT molecular complexity index is 846. The first-order valence-electron chi connectivity index (χ1n) is 7.84. The Kier molecular flexibility index (Phi) is 5.20.